The van der Waals surface area contributed by atoms with E-state index in [0.29, 0.717) is 0 Å². The number of fused-ring (bicyclic) bond motifs is 2. The number of anilines is 1. The predicted molar refractivity (Wildman–Crippen MR) is 67.7 cm³/mol. The molecule has 1 aromatic rings. The quantitative estimate of drug-likeness (QED) is 0.811. The molecule has 0 unspecified atom stereocenters. The highest BCUT2D eigenvalue weighted by Crippen LogP contribution is 2.37. The number of nitrogens with two attached hydrogens (primary N) is 1. The highest BCUT2D eigenvalue weighted by molar-refractivity contribution is 7.15. The van der Waals surface area contributed by atoms with Crippen LogP contribution < -0.4 is 5.73 Å². The second-order valence-corrected chi connectivity index (χ2v) is 6.04. The molecule has 88 valence electrons. The number of thiazole rings is 1. The fourth-order valence-corrected chi connectivity index (χ4v) is 4.21. The lowest BCUT2D eigenvalue weighted by Gasteiger charge is -2.43. The third-order valence-electron chi connectivity index (χ3n) is 4.08. The van der Waals surface area contributed by atoms with Gasteiger partial charge in [0.05, 0.1) is 5.69 Å². The van der Waals surface area contributed by atoms with E-state index in [-0.39, 0.29) is 0 Å². The van der Waals surface area contributed by atoms with Crippen molar-refractivity contribution in [2.24, 2.45) is 5.92 Å². The molecule has 0 bridgehead atoms. The van der Waals surface area contributed by atoms with Crippen LogP contribution in [-0.2, 0) is 12.8 Å². The molecule has 2 aliphatic rings. The first-order chi connectivity index (χ1) is 7.78. The summed E-state index contributed by atoms with van der Waals surface area (Å²) < 4.78 is 0. The number of likely N-dealkylation sites (N-methyl/N-ethyl adjacent to an activating group) is 1. The first-order valence-corrected chi connectivity index (χ1v) is 7.07. The molecule has 1 aromatic heterocycles. The minimum absolute atomic E-state index is 0.756. The van der Waals surface area contributed by atoms with E-state index in [9.17, 15) is 0 Å². The highest BCUT2D eigenvalue weighted by atomic mass is 32.1. The summed E-state index contributed by atoms with van der Waals surface area (Å²) in [5.74, 6) is 0.822. The van der Waals surface area contributed by atoms with Gasteiger partial charge in [-0.2, -0.15) is 0 Å². The van der Waals surface area contributed by atoms with Gasteiger partial charge in [-0.15, -0.1) is 11.3 Å². The van der Waals surface area contributed by atoms with Crippen molar-refractivity contribution in [2.45, 2.75) is 38.6 Å². The molecule has 0 aromatic carbocycles. The van der Waals surface area contributed by atoms with E-state index in [1.54, 1.807) is 11.3 Å². The molecule has 3 rings (SSSR count). The van der Waals surface area contributed by atoms with Crippen LogP contribution in [-0.4, -0.2) is 29.0 Å². The van der Waals surface area contributed by atoms with E-state index < -0.39 is 0 Å². The number of nitrogen functional groups attached to an aromatic ring is 1. The van der Waals surface area contributed by atoms with Crippen LogP contribution in [0.1, 0.15) is 30.3 Å². The number of piperidine rings is 1. The maximum absolute atomic E-state index is 5.81. The molecule has 0 saturated carbocycles. The largest absolute Gasteiger partial charge is 0.375 e. The van der Waals surface area contributed by atoms with Crippen molar-refractivity contribution >= 4 is 16.5 Å². The molecule has 1 saturated heterocycles. The van der Waals surface area contributed by atoms with Gasteiger partial charge >= 0.3 is 0 Å². The number of rotatable bonds is 1. The van der Waals surface area contributed by atoms with Gasteiger partial charge in [-0.3, -0.25) is 0 Å². The maximum Gasteiger partial charge on any atom is 0.180 e. The maximum atomic E-state index is 5.81. The molecular formula is C12H19N3S. The molecule has 1 aliphatic carbocycles. The molecular weight excluding hydrogens is 218 g/mol. The minimum atomic E-state index is 0.756. The van der Waals surface area contributed by atoms with Crippen molar-refractivity contribution in [3.05, 3.63) is 10.6 Å². The Hall–Kier alpha value is -0.610. The van der Waals surface area contributed by atoms with E-state index in [1.807, 2.05) is 0 Å². The molecule has 0 amide bonds. The van der Waals surface area contributed by atoms with Crippen molar-refractivity contribution < 1.29 is 0 Å². The molecule has 1 fully saturated rings. The summed E-state index contributed by atoms with van der Waals surface area (Å²) in [4.78, 5) is 8.56. The molecule has 2 heterocycles. The molecule has 2 atom stereocenters. The third kappa shape index (κ3) is 1.64. The Labute approximate surface area is 101 Å². The van der Waals surface area contributed by atoms with Crippen molar-refractivity contribution in [3.8, 4) is 0 Å². The molecule has 3 nitrogen and oxygen atoms in total. The van der Waals surface area contributed by atoms with Gasteiger partial charge < -0.3 is 10.6 Å². The van der Waals surface area contributed by atoms with Crippen LogP contribution >= 0.6 is 11.3 Å². The lowest BCUT2D eigenvalue weighted by Crippen LogP contribution is -2.48. The Morgan fingerprint density at radius 2 is 2.38 bits per heavy atom. The predicted octanol–water partition coefficient (Wildman–Crippen LogP) is 1.92. The van der Waals surface area contributed by atoms with E-state index in [0.717, 1.165) is 23.5 Å². The second kappa shape index (κ2) is 4.00. The summed E-state index contributed by atoms with van der Waals surface area (Å²) in [6, 6.07) is 0.756. The lowest BCUT2D eigenvalue weighted by molar-refractivity contribution is 0.0911. The lowest BCUT2D eigenvalue weighted by atomic mass is 9.79. The SMILES string of the molecule is CCN1CCC[C@H]2Cc3nc(N)sc3C[C@@H]21. The van der Waals surface area contributed by atoms with Gasteiger partial charge in [0.15, 0.2) is 5.13 Å². The number of hydrogen-bond acceptors (Lipinski definition) is 4. The summed E-state index contributed by atoms with van der Waals surface area (Å²) in [6.45, 7) is 4.74. The summed E-state index contributed by atoms with van der Waals surface area (Å²) in [7, 11) is 0. The summed E-state index contributed by atoms with van der Waals surface area (Å²) in [6.07, 6.45) is 5.06. The van der Waals surface area contributed by atoms with Crippen LogP contribution in [0.5, 0.6) is 0 Å². The summed E-state index contributed by atoms with van der Waals surface area (Å²) in [5, 5.41) is 0.756. The second-order valence-electron chi connectivity index (χ2n) is 4.93. The van der Waals surface area contributed by atoms with Crippen LogP contribution in [0.15, 0.2) is 0 Å². The minimum Gasteiger partial charge on any atom is -0.375 e. The van der Waals surface area contributed by atoms with Crippen molar-refractivity contribution in [1.29, 1.82) is 0 Å². The highest BCUT2D eigenvalue weighted by Gasteiger charge is 2.36. The number of likely N-dealkylation sites (tertiary alicyclic amines) is 1. The van der Waals surface area contributed by atoms with Crippen molar-refractivity contribution in [1.82, 2.24) is 9.88 Å². The molecule has 0 spiro atoms. The van der Waals surface area contributed by atoms with Gasteiger partial charge in [-0.05, 0) is 44.7 Å². The van der Waals surface area contributed by atoms with Gasteiger partial charge in [-0.25, -0.2) is 4.98 Å². The molecule has 2 N–H and O–H groups in total. The Kier molecular flexibility index (Phi) is 2.64. The number of aromatic nitrogens is 1. The van der Waals surface area contributed by atoms with Crippen LogP contribution in [0.3, 0.4) is 0 Å². The molecule has 0 radical (unpaired) electrons. The smallest absolute Gasteiger partial charge is 0.180 e. The molecule has 16 heavy (non-hydrogen) atoms. The topological polar surface area (TPSA) is 42.2 Å². The summed E-state index contributed by atoms with van der Waals surface area (Å²) in [5.41, 5.74) is 7.10. The number of hydrogen-bond donors (Lipinski definition) is 1. The Morgan fingerprint density at radius 3 is 3.19 bits per heavy atom. The monoisotopic (exact) mass is 237 g/mol. The van der Waals surface area contributed by atoms with Crippen LogP contribution in [0, 0.1) is 5.92 Å². The zero-order chi connectivity index (χ0) is 11.1. The van der Waals surface area contributed by atoms with Gasteiger partial charge in [0.1, 0.15) is 0 Å². The molecule has 1 aliphatic heterocycles. The Morgan fingerprint density at radius 1 is 1.50 bits per heavy atom. The Bertz CT molecular complexity index is 388. The first-order valence-electron chi connectivity index (χ1n) is 6.26. The van der Waals surface area contributed by atoms with Gasteiger partial charge in [0.2, 0.25) is 0 Å². The van der Waals surface area contributed by atoms with E-state index in [2.05, 4.69) is 16.8 Å². The van der Waals surface area contributed by atoms with E-state index >= 15 is 0 Å². The average Bonchev–Trinajstić information content (AvgIpc) is 2.64. The molecule has 4 heteroatoms. The third-order valence-corrected chi connectivity index (χ3v) is 5.03. The van der Waals surface area contributed by atoms with Gasteiger partial charge in [0, 0.05) is 10.9 Å². The van der Waals surface area contributed by atoms with Crippen molar-refractivity contribution in [3.63, 3.8) is 0 Å². The fourth-order valence-electron chi connectivity index (χ4n) is 3.30. The van der Waals surface area contributed by atoms with E-state index in [1.165, 1.54) is 42.9 Å². The zero-order valence-corrected chi connectivity index (χ0v) is 10.6. The standard InChI is InChI=1S/C12H19N3S/c1-2-15-5-3-4-8-6-9-11(7-10(8)15)16-12(13)14-9/h8,10H,2-7H2,1H3,(H2,13,14)/t8-,10-/m0/s1. The van der Waals surface area contributed by atoms with Crippen LogP contribution in [0.25, 0.3) is 0 Å². The first kappa shape index (κ1) is 10.5. The number of nitrogens with zero attached hydrogens (tertiary/aromatic N) is 2. The summed E-state index contributed by atoms with van der Waals surface area (Å²) >= 11 is 1.70. The zero-order valence-electron chi connectivity index (χ0n) is 9.78. The Balaban J connectivity index is 1.88. The van der Waals surface area contributed by atoms with Crippen LogP contribution in [0.2, 0.25) is 0 Å². The van der Waals surface area contributed by atoms with Crippen LogP contribution in [0.4, 0.5) is 5.13 Å². The average molecular weight is 237 g/mol. The van der Waals surface area contributed by atoms with E-state index in [4.69, 9.17) is 5.73 Å². The normalized spacial score (nSPS) is 29.8. The fraction of sp³-hybridized carbons (Fsp3) is 0.750. The van der Waals surface area contributed by atoms with Gasteiger partial charge in [-0.1, -0.05) is 6.92 Å². The van der Waals surface area contributed by atoms with Crippen molar-refractivity contribution in [2.75, 3.05) is 18.8 Å². The van der Waals surface area contributed by atoms with Gasteiger partial charge in [0.25, 0.3) is 0 Å².